The Hall–Kier alpha value is -3.40. The largest absolute Gasteiger partial charge is 0.495 e. The fourth-order valence-corrected chi connectivity index (χ4v) is 4.81. The van der Waals surface area contributed by atoms with Crippen molar-refractivity contribution in [2.45, 2.75) is 32.4 Å². The second-order valence-corrected chi connectivity index (χ2v) is 8.97. The summed E-state index contributed by atoms with van der Waals surface area (Å²) in [4.78, 5) is 24.4. The van der Waals surface area contributed by atoms with E-state index in [0.717, 1.165) is 54.8 Å². The summed E-state index contributed by atoms with van der Waals surface area (Å²) < 4.78 is 7.49. The Morgan fingerprint density at radius 2 is 2.15 bits per heavy atom. The van der Waals surface area contributed by atoms with Crippen molar-refractivity contribution in [1.29, 1.82) is 0 Å². The molecule has 1 aromatic carbocycles. The van der Waals surface area contributed by atoms with Gasteiger partial charge in [-0.2, -0.15) is 10.1 Å². The molecule has 1 fully saturated rings. The van der Waals surface area contributed by atoms with E-state index in [-0.39, 0.29) is 5.92 Å². The third-order valence-corrected chi connectivity index (χ3v) is 6.57. The van der Waals surface area contributed by atoms with Crippen LogP contribution < -0.4 is 10.1 Å². The Morgan fingerprint density at radius 3 is 2.97 bits per heavy atom. The van der Waals surface area contributed by atoms with E-state index in [1.807, 2.05) is 4.68 Å². The number of amides is 1. The second-order valence-electron chi connectivity index (χ2n) is 8.97. The molecule has 0 spiro atoms. The van der Waals surface area contributed by atoms with Crippen molar-refractivity contribution in [2.24, 2.45) is 5.92 Å². The van der Waals surface area contributed by atoms with Crippen LogP contribution in [0.3, 0.4) is 0 Å². The number of rotatable bonds is 5. The van der Waals surface area contributed by atoms with E-state index in [0.29, 0.717) is 25.6 Å². The highest BCUT2D eigenvalue weighted by molar-refractivity contribution is 5.76. The summed E-state index contributed by atoms with van der Waals surface area (Å²) in [5, 5.41) is 18.0. The number of ether oxygens (including phenoxy) is 1. The standard InChI is InChI=1S/C23H29N7O3/c1-28-7-5-16-9-20(33-2)19(8-17(16)14-28)26-22-24-10-18-11-25-30(21(18)27-22)13-15-4-3-6-29(12-15)23(31)32/h8-11,15H,3-7,12-14H2,1-2H3,(H,31,32)(H,24,26,27)/t15-/m1/s1. The number of nitrogens with zero attached hydrogens (tertiary/aromatic N) is 6. The molecule has 10 heteroatoms. The van der Waals surface area contributed by atoms with Gasteiger partial charge in [-0.05, 0) is 55.5 Å². The number of aromatic nitrogens is 4. The van der Waals surface area contributed by atoms with Crippen LogP contribution in [0, 0.1) is 5.92 Å². The lowest BCUT2D eigenvalue weighted by molar-refractivity contribution is 0.116. The number of anilines is 2. The van der Waals surface area contributed by atoms with Crippen LogP contribution in [0.1, 0.15) is 24.0 Å². The molecular weight excluding hydrogens is 422 g/mol. The summed E-state index contributed by atoms with van der Waals surface area (Å²) >= 11 is 0. The van der Waals surface area contributed by atoms with Crippen LogP contribution >= 0.6 is 0 Å². The molecule has 1 amide bonds. The van der Waals surface area contributed by atoms with E-state index >= 15 is 0 Å². The van der Waals surface area contributed by atoms with Crippen molar-refractivity contribution in [3.63, 3.8) is 0 Å². The molecule has 0 bridgehead atoms. The van der Waals surface area contributed by atoms with Gasteiger partial charge in [0, 0.05) is 38.9 Å². The number of benzene rings is 1. The van der Waals surface area contributed by atoms with Crippen molar-refractivity contribution in [2.75, 3.05) is 39.1 Å². The summed E-state index contributed by atoms with van der Waals surface area (Å²) in [6.45, 7) is 3.68. The van der Waals surface area contributed by atoms with E-state index in [1.54, 1.807) is 19.5 Å². The average molecular weight is 452 g/mol. The molecule has 0 unspecified atom stereocenters. The smallest absolute Gasteiger partial charge is 0.407 e. The lowest BCUT2D eigenvalue weighted by atomic mass is 9.98. The highest BCUT2D eigenvalue weighted by Gasteiger charge is 2.24. The molecule has 2 aliphatic heterocycles. The molecule has 0 aliphatic carbocycles. The van der Waals surface area contributed by atoms with E-state index in [1.165, 1.54) is 16.0 Å². The first-order valence-electron chi connectivity index (χ1n) is 11.3. The first-order chi connectivity index (χ1) is 16.0. The van der Waals surface area contributed by atoms with Crippen LogP contribution in [-0.2, 0) is 19.5 Å². The molecule has 5 rings (SSSR count). The number of piperidine rings is 1. The zero-order chi connectivity index (χ0) is 22.9. The number of carboxylic acid groups (broad SMARTS) is 1. The van der Waals surface area contributed by atoms with Gasteiger partial charge in [-0.25, -0.2) is 14.5 Å². The highest BCUT2D eigenvalue weighted by atomic mass is 16.5. The highest BCUT2D eigenvalue weighted by Crippen LogP contribution is 2.33. The molecule has 1 atom stereocenters. The van der Waals surface area contributed by atoms with E-state index in [2.05, 4.69) is 39.5 Å². The minimum absolute atomic E-state index is 0.210. The van der Waals surface area contributed by atoms with Gasteiger partial charge in [0.25, 0.3) is 0 Å². The number of likely N-dealkylation sites (tertiary alicyclic amines) is 1. The van der Waals surface area contributed by atoms with Crippen LogP contribution in [0.15, 0.2) is 24.5 Å². The number of carbonyl (C=O) groups is 1. The Bertz CT molecular complexity index is 1180. The van der Waals surface area contributed by atoms with Crippen molar-refractivity contribution in [3.05, 3.63) is 35.7 Å². The molecule has 1 saturated heterocycles. The van der Waals surface area contributed by atoms with Crippen molar-refractivity contribution in [1.82, 2.24) is 29.5 Å². The predicted molar refractivity (Wildman–Crippen MR) is 124 cm³/mol. The number of nitrogens with one attached hydrogen (secondary N) is 1. The van der Waals surface area contributed by atoms with Gasteiger partial charge in [0.1, 0.15) is 5.75 Å². The zero-order valence-corrected chi connectivity index (χ0v) is 19.0. The maximum Gasteiger partial charge on any atom is 0.407 e. The zero-order valence-electron chi connectivity index (χ0n) is 19.0. The number of hydrogen-bond donors (Lipinski definition) is 2. The molecule has 174 valence electrons. The maximum absolute atomic E-state index is 11.4. The Labute approximate surface area is 192 Å². The molecule has 0 saturated carbocycles. The minimum Gasteiger partial charge on any atom is -0.495 e. The van der Waals surface area contributed by atoms with Gasteiger partial charge in [-0.3, -0.25) is 0 Å². The molecule has 2 N–H and O–H groups in total. The number of likely N-dealkylation sites (N-methyl/N-ethyl adjacent to an activating group) is 1. The Morgan fingerprint density at radius 1 is 1.27 bits per heavy atom. The van der Waals surface area contributed by atoms with Crippen molar-refractivity contribution in [3.8, 4) is 5.75 Å². The monoisotopic (exact) mass is 451 g/mol. The molecule has 10 nitrogen and oxygen atoms in total. The fourth-order valence-electron chi connectivity index (χ4n) is 4.81. The predicted octanol–water partition coefficient (Wildman–Crippen LogP) is 2.96. The minimum atomic E-state index is -0.857. The fraction of sp³-hybridized carbons (Fsp3) is 0.478. The van der Waals surface area contributed by atoms with Crippen LogP contribution in [0.5, 0.6) is 5.75 Å². The lowest BCUT2D eigenvalue weighted by Gasteiger charge is -2.30. The third kappa shape index (κ3) is 4.43. The lowest BCUT2D eigenvalue weighted by Crippen LogP contribution is -2.40. The maximum atomic E-state index is 11.4. The van der Waals surface area contributed by atoms with E-state index in [4.69, 9.17) is 9.72 Å². The van der Waals surface area contributed by atoms with Gasteiger partial charge < -0.3 is 25.0 Å². The number of methoxy groups -OCH3 is 1. The first-order valence-corrected chi connectivity index (χ1v) is 11.3. The molecule has 0 radical (unpaired) electrons. The van der Waals surface area contributed by atoms with Crippen LogP contribution in [-0.4, -0.2) is 74.5 Å². The second kappa shape index (κ2) is 8.86. The van der Waals surface area contributed by atoms with Gasteiger partial charge in [-0.1, -0.05) is 0 Å². The molecule has 33 heavy (non-hydrogen) atoms. The molecule has 2 aliphatic rings. The summed E-state index contributed by atoms with van der Waals surface area (Å²) in [6, 6.07) is 4.22. The molecule has 2 aromatic heterocycles. The van der Waals surface area contributed by atoms with Gasteiger partial charge in [0.2, 0.25) is 5.95 Å². The summed E-state index contributed by atoms with van der Waals surface area (Å²) in [5.41, 5.74) is 4.16. The summed E-state index contributed by atoms with van der Waals surface area (Å²) in [7, 11) is 3.80. The Balaban J connectivity index is 1.39. The Kier molecular flexibility index (Phi) is 5.76. The van der Waals surface area contributed by atoms with Gasteiger partial charge in [-0.15, -0.1) is 0 Å². The average Bonchev–Trinajstić information content (AvgIpc) is 3.20. The van der Waals surface area contributed by atoms with Gasteiger partial charge >= 0.3 is 6.09 Å². The van der Waals surface area contributed by atoms with Crippen LogP contribution in [0.2, 0.25) is 0 Å². The number of hydrogen-bond acceptors (Lipinski definition) is 7. The van der Waals surface area contributed by atoms with Gasteiger partial charge in [0.05, 0.1) is 24.4 Å². The quantitative estimate of drug-likeness (QED) is 0.610. The topological polar surface area (TPSA) is 109 Å². The van der Waals surface area contributed by atoms with E-state index < -0.39 is 6.09 Å². The third-order valence-electron chi connectivity index (χ3n) is 6.57. The summed E-state index contributed by atoms with van der Waals surface area (Å²) in [6.07, 6.45) is 5.51. The van der Waals surface area contributed by atoms with Gasteiger partial charge in [0.15, 0.2) is 5.65 Å². The van der Waals surface area contributed by atoms with Crippen LogP contribution in [0.4, 0.5) is 16.4 Å². The SMILES string of the molecule is COc1cc2c(cc1Nc1ncc3cnn(C[C@@H]4CCCN(C(=O)O)C4)c3n1)CN(C)CC2. The molecule has 4 heterocycles. The number of fused-ring (bicyclic) bond motifs is 2. The van der Waals surface area contributed by atoms with Crippen LogP contribution in [0.25, 0.3) is 11.0 Å². The first kappa shape index (κ1) is 21.4. The van der Waals surface area contributed by atoms with E-state index in [9.17, 15) is 9.90 Å². The summed E-state index contributed by atoms with van der Waals surface area (Å²) in [5.74, 6) is 1.45. The molecule has 3 aromatic rings. The van der Waals surface area contributed by atoms with Crippen molar-refractivity contribution < 1.29 is 14.6 Å². The molecular formula is C23H29N7O3. The van der Waals surface area contributed by atoms with Crippen molar-refractivity contribution >= 4 is 28.8 Å². The normalized spacial score (nSPS) is 18.8.